The van der Waals surface area contributed by atoms with Crippen LogP contribution in [0.15, 0.2) is 54.7 Å². The Labute approximate surface area is 281 Å². The number of aromatic nitrogens is 3. The smallest absolute Gasteiger partial charge is 0.317 e. The first-order chi connectivity index (χ1) is 23.2. The Hall–Kier alpha value is -4.97. The number of piperidine rings is 1. The van der Waals surface area contributed by atoms with Crippen LogP contribution in [0.5, 0.6) is 11.8 Å². The van der Waals surface area contributed by atoms with E-state index in [1.807, 2.05) is 66.9 Å². The second-order valence-corrected chi connectivity index (χ2v) is 12.1. The van der Waals surface area contributed by atoms with Crippen molar-refractivity contribution in [1.29, 1.82) is 0 Å². The molecule has 0 radical (unpaired) electrons. The summed E-state index contributed by atoms with van der Waals surface area (Å²) >= 11 is 0. The Bertz CT molecular complexity index is 1750. The molecule has 1 saturated heterocycles. The van der Waals surface area contributed by atoms with E-state index in [1.54, 1.807) is 37.2 Å². The number of carbonyl (C=O) groups is 3. The van der Waals surface area contributed by atoms with Gasteiger partial charge in [-0.25, -0.2) is 4.79 Å². The fourth-order valence-electron chi connectivity index (χ4n) is 6.13. The van der Waals surface area contributed by atoms with Crippen molar-refractivity contribution in [3.63, 3.8) is 0 Å². The highest BCUT2D eigenvalue weighted by molar-refractivity contribution is 5.96. The largest absolute Gasteiger partial charge is 0.487 e. The highest BCUT2D eigenvalue weighted by Crippen LogP contribution is 2.32. The van der Waals surface area contributed by atoms with Crippen LogP contribution in [0.3, 0.4) is 0 Å². The minimum absolute atomic E-state index is 0.00604. The number of aryl methyl sites for hydroxylation is 1. The summed E-state index contributed by atoms with van der Waals surface area (Å²) in [6.07, 6.45) is 3.63. The molecule has 3 heterocycles. The summed E-state index contributed by atoms with van der Waals surface area (Å²) in [6.45, 7) is 6.32. The van der Waals surface area contributed by atoms with Gasteiger partial charge in [0.05, 0.1) is 31.4 Å². The van der Waals surface area contributed by atoms with E-state index in [0.29, 0.717) is 36.9 Å². The summed E-state index contributed by atoms with van der Waals surface area (Å²) in [6, 6.07) is 16.1. The van der Waals surface area contributed by atoms with E-state index in [4.69, 9.17) is 14.5 Å². The molecular formula is C36H45N7O5. The third-order valence-electron chi connectivity index (χ3n) is 9.05. The van der Waals surface area contributed by atoms with Gasteiger partial charge in [0.1, 0.15) is 23.7 Å². The van der Waals surface area contributed by atoms with Gasteiger partial charge < -0.3 is 29.9 Å². The number of rotatable bonds is 13. The predicted molar refractivity (Wildman–Crippen MR) is 185 cm³/mol. The number of urea groups is 1. The SMILES string of the molecule is CNC(=O)N1CCC(NCC(=O)CCC(=O)N(C)c2ccc(C)c(COc3cccc4c3nc(OC)n4Cc3ccccn3)c2C)CC1. The summed E-state index contributed by atoms with van der Waals surface area (Å²) in [4.78, 5) is 50.2. The van der Waals surface area contributed by atoms with Crippen molar-refractivity contribution < 1.29 is 23.9 Å². The van der Waals surface area contributed by atoms with Crippen molar-refractivity contribution in [3.05, 3.63) is 77.1 Å². The number of Topliss-reactive ketones (excluding diaryl/α,β-unsaturated/α-hetero) is 1. The molecule has 1 aliphatic heterocycles. The number of imidazole rings is 1. The average Bonchev–Trinajstić information content (AvgIpc) is 3.47. The van der Waals surface area contributed by atoms with Crippen LogP contribution in [0.1, 0.15) is 48.1 Å². The Morgan fingerprint density at radius 1 is 1.02 bits per heavy atom. The molecule has 0 atom stereocenters. The minimum atomic E-state index is -0.128. The quantitative estimate of drug-likeness (QED) is 0.217. The third kappa shape index (κ3) is 7.93. The zero-order valence-corrected chi connectivity index (χ0v) is 28.4. The first-order valence-corrected chi connectivity index (χ1v) is 16.3. The molecule has 3 amide bonds. The molecular weight excluding hydrogens is 610 g/mol. The standard InChI is InChI=1S/C36H45N7O5/c1-24-12-14-30(41(4)33(45)15-13-28(44)21-39-26-16-19-42(20-17-26)35(46)37-3)25(2)29(24)23-48-32-11-8-10-31-34(32)40-36(47-5)43(31)22-27-9-6-7-18-38-27/h6-12,14,18,26,39H,13,15-17,19-23H2,1-5H3,(H,37,46). The molecule has 2 aromatic carbocycles. The van der Waals surface area contributed by atoms with Gasteiger partial charge in [0.2, 0.25) is 5.91 Å². The van der Waals surface area contributed by atoms with E-state index in [-0.39, 0.29) is 49.8 Å². The predicted octanol–water partition coefficient (Wildman–Crippen LogP) is 4.39. The number of ketones is 1. The summed E-state index contributed by atoms with van der Waals surface area (Å²) < 4.78 is 14.0. The van der Waals surface area contributed by atoms with Crippen LogP contribution < -0.4 is 25.0 Å². The number of hydrogen-bond donors (Lipinski definition) is 2. The third-order valence-corrected chi connectivity index (χ3v) is 9.05. The van der Waals surface area contributed by atoms with Crippen LogP contribution in [0.2, 0.25) is 0 Å². The first kappa shape index (κ1) is 34.4. The number of pyridine rings is 1. The van der Waals surface area contributed by atoms with Gasteiger partial charge in [0, 0.05) is 58.0 Å². The topological polar surface area (TPSA) is 131 Å². The molecule has 12 heteroatoms. The number of fused-ring (bicyclic) bond motifs is 1. The Morgan fingerprint density at radius 3 is 2.52 bits per heavy atom. The summed E-state index contributed by atoms with van der Waals surface area (Å²) in [5.74, 6) is 0.494. The van der Waals surface area contributed by atoms with Gasteiger partial charge in [-0.1, -0.05) is 18.2 Å². The fourth-order valence-corrected chi connectivity index (χ4v) is 6.13. The minimum Gasteiger partial charge on any atom is -0.487 e. The Morgan fingerprint density at radius 2 is 1.81 bits per heavy atom. The lowest BCUT2D eigenvalue weighted by Gasteiger charge is -2.32. The van der Waals surface area contributed by atoms with Crippen LogP contribution in [-0.2, 0) is 22.7 Å². The van der Waals surface area contributed by atoms with Crippen molar-refractivity contribution in [1.82, 2.24) is 30.1 Å². The molecule has 254 valence electrons. The zero-order valence-electron chi connectivity index (χ0n) is 28.4. The lowest BCUT2D eigenvalue weighted by atomic mass is 10.0. The molecule has 5 rings (SSSR count). The van der Waals surface area contributed by atoms with Crippen LogP contribution in [0.25, 0.3) is 11.0 Å². The normalized spacial score (nSPS) is 13.4. The van der Waals surface area contributed by atoms with Crippen LogP contribution in [0, 0.1) is 13.8 Å². The number of nitrogens with zero attached hydrogens (tertiary/aromatic N) is 5. The zero-order chi connectivity index (χ0) is 34.2. The monoisotopic (exact) mass is 655 g/mol. The van der Waals surface area contributed by atoms with E-state index in [9.17, 15) is 14.4 Å². The molecule has 2 N–H and O–H groups in total. The molecule has 1 aliphatic rings. The van der Waals surface area contributed by atoms with Gasteiger partial charge >= 0.3 is 6.03 Å². The second kappa shape index (κ2) is 15.7. The van der Waals surface area contributed by atoms with Crippen LogP contribution in [-0.4, -0.2) is 84.0 Å². The number of hydrogen-bond acceptors (Lipinski definition) is 8. The fraction of sp³-hybridized carbons (Fsp3) is 0.417. The maximum Gasteiger partial charge on any atom is 0.317 e. The van der Waals surface area contributed by atoms with E-state index in [0.717, 1.165) is 46.4 Å². The summed E-state index contributed by atoms with van der Waals surface area (Å²) in [5, 5.41) is 5.95. The molecule has 4 aromatic rings. The number of anilines is 1. The van der Waals surface area contributed by atoms with Crippen molar-refractivity contribution in [2.75, 3.05) is 45.7 Å². The molecule has 0 bridgehead atoms. The van der Waals surface area contributed by atoms with Crippen molar-refractivity contribution in [3.8, 4) is 11.8 Å². The molecule has 1 fully saturated rings. The number of amides is 3. The molecule has 0 spiro atoms. The van der Waals surface area contributed by atoms with E-state index in [2.05, 4.69) is 15.6 Å². The van der Waals surface area contributed by atoms with Crippen LogP contribution in [0.4, 0.5) is 10.5 Å². The number of nitrogens with one attached hydrogen (secondary N) is 2. The van der Waals surface area contributed by atoms with Crippen molar-refractivity contribution >= 4 is 34.4 Å². The number of ether oxygens (including phenoxy) is 2. The second-order valence-electron chi connectivity index (χ2n) is 12.1. The maximum atomic E-state index is 13.2. The maximum absolute atomic E-state index is 13.2. The van der Waals surface area contributed by atoms with Gasteiger partial charge in [-0.2, -0.15) is 4.98 Å². The molecule has 0 saturated carbocycles. The molecule has 0 unspecified atom stereocenters. The van der Waals surface area contributed by atoms with E-state index < -0.39 is 0 Å². The number of benzene rings is 2. The van der Waals surface area contributed by atoms with Crippen molar-refractivity contribution in [2.45, 2.75) is 58.7 Å². The number of carbonyl (C=O) groups excluding carboxylic acids is 3. The van der Waals surface area contributed by atoms with Gasteiger partial charge in [0.25, 0.3) is 6.01 Å². The highest BCUT2D eigenvalue weighted by Gasteiger charge is 2.23. The van der Waals surface area contributed by atoms with Crippen LogP contribution >= 0.6 is 0 Å². The lowest BCUT2D eigenvalue weighted by molar-refractivity contribution is -0.123. The number of para-hydroxylation sites is 1. The van der Waals surface area contributed by atoms with Gasteiger partial charge in [-0.15, -0.1) is 0 Å². The Kier molecular flexibility index (Phi) is 11.3. The lowest BCUT2D eigenvalue weighted by Crippen LogP contribution is -2.48. The molecule has 0 aliphatic carbocycles. The van der Waals surface area contributed by atoms with Crippen molar-refractivity contribution in [2.24, 2.45) is 0 Å². The van der Waals surface area contributed by atoms with E-state index in [1.165, 1.54) is 0 Å². The highest BCUT2D eigenvalue weighted by atomic mass is 16.5. The van der Waals surface area contributed by atoms with Gasteiger partial charge in [-0.05, 0) is 73.7 Å². The molecule has 48 heavy (non-hydrogen) atoms. The number of likely N-dealkylation sites (tertiary alicyclic amines) is 1. The molecule has 12 nitrogen and oxygen atoms in total. The summed E-state index contributed by atoms with van der Waals surface area (Å²) in [7, 11) is 4.97. The summed E-state index contributed by atoms with van der Waals surface area (Å²) in [5.41, 5.74) is 6.19. The average molecular weight is 656 g/mol. The Balaban J connectivity index is 1.19. The molecule has 2 aromatic heterocycles. The van der Waals surface area contributed by atoms with E-state index >= 15 is 0 Å². The van der Waals surface area contributed by atoms with Gasteiger partial charge in [0.15, 0.2) is 0 Å². The van der Waals surface area contributed by atoms with Gasteiger partial charge in [-0.3, -0.25) is 19.1 Å². The first-order valence-electron chi connectivity index (χ1n) is 16.3. The number of methoxy groups -OCH3 is 1.